The van der Waals surface area contributed by atoms with Crippen molar-refractivity contribution in [1.29, 1.82) is 0 Å². The maximum absolute atomic E-state index is 6.50. The Morgan fingerprint density at radius 1 is 0.690 bits per heavy atom. The average molecular weight is 445 g/mol. The number of aromatic nitrogens is 1. The summed E-state index contributed by atoms with van der Waals surface area (Å²) in [6.45, 7) is 0. The van der Waals surface area contributed by atoms with E-state index in [9.17, 15) is 0 Å². The van der Waals surface area contributed by atoms with Gasteiger partial charge in [-0.05, 0) is 42.0 Å². The summed E-state index contributed by atoms with van der Waals surface area (Å²) in [5.74, 6) is 1.14. The quantitative estimate of drug-likeness (QED) is 0.326. The Bertz CT molecular complexity index is 1220. The van der Waals surface area contributed by atoms with Gasteiger partial charge in [0.25, 0.3) is 0 Å². The summed E-state index contributed by atoms with van der Waals surface area (Å²) in [5, 5.41) is 2.66. The highest BCUT2D eigenvalue weighted by molar-refractivity contribution is 6.34. The number of hydrogen-bond acceptors (Lipinski definition) is 3. The highest BCUT2D eigenvalue weighted by atomic mass is 35.5. The van der Waals surface area contributed by atoms with E-state index in [1.165, 1.54) is 0 Å². The number of methoxy groups -OCH3 is 2. The molecule has 0 bridgehead atoms. The van der Waals surface area contributed by atoms with Crippen LogP contribution in [0.1, 0.15) is 0 Å². The molecule has 1 aromatic heterocycles. The van der Waals surface area contributed by atoms with Crippen molar-refractivity contribution >= 4 is 45.7 Å². The van der Waals surface area contributed by atoms with Crippen LogP contribution in [0.5, 0.6) is 11.5 Å². The average Bonchev–Trinajstić information content (AvgIpc) is 2.73. The number of pyridine rings is 1. The van der Waals surface area contributed by atoms with Crippen molar-refractivity contribution in [2.45, 2.75) is 0 Å². The first-order valence-corrected chi connectivity index (χ1v) is 9.92. The highest BCUT2D eigenvalue weighted by Crippen LogP contribution is 2.41. The predicted molar refractivity (Wildman–Crippen MR) is 121 cm³/mol. The molecule has 3 nitrogen and oxygen atoms in total. The van der Waals surface area contributed by atoms with Gasteiger partial charge in [-0.1, -0.05) is 53.0 Å². The number of hydrogen-bond donors (Lipinski definition) is 0. The third-order valence-electron chi connectivity index (χ3n) is 4.68. The van der Waals surface area contributed by atoms with E-state index in [1.54, 1.807) is 26.4 Å². The van der Waals surface area contributed by atoms with E-state index in [0.717, 1.165) is 27.6 Å². The second-order valence-corrected chi connectivity index (χ2v) is 7.63. The van der Waals surface area contributed by atoms with E-state index in [2.05, 4.69) is 0 Å². The van der Waals surface area contributed by atoms with Crippen molar-refractivity contribution in [3.8, 4) is 33.9 Å². The minimum Gasteiger partial charge on any atom is -0.496 e. The molecule has 1 heterocycles. The molecule has 0 aliphatic heterocycles. The van der Waals surface area contributed by atoms with E-state index in [4.69, 9.17) is 49.3 Å². The Morgan fingerprint density at radius 2 is 1.45 bits per heavy atom. The summed E-state index contributed by atoms with van der Waals surface area (Å²) in [7, 11) is 3.16. The van der Waals surface area contributed by atoms with Crippen molar-refractivity contribution in [3.63, 3.8) is 0 Å². The van der Waals surface area contributed by atoms with Crippen LogP contribution < -0.4 is 9.47 Å². The van der Waals surface area contributed by atoms with Gasteiger partial charge in [-0.2, -0.15) is 0 Å². The molecule has 0 spiro atoms. The molecule has 0 radical (unpaired) electrons. The summed E-state index contributed by atoms with van der Waals surface area (Å²) >= 11 is 19.2. The normalized spacial score (nSPS) is 10.9. The van der Waals surface area contributed by atoms with Crippen molar-refractivity contribution in [1.82, 2.24) is 4.98 Å². The predicted octanol–water partition coefficient (Wildman–Crippen LogP) is 7.55. The molecule has 4 aromatic rings. The Balaban J connectivity index is 2.05. The molecular weight excluding hydrogens is 429 g/mol. The largest absolute Gasteiger partial charge is 0.496 e. The fourth-order valence-corrected chi connectivity index (χ4v) is 3.95. The van der Waals surface area contributed by atoms with E-state index in [-0.39, 0.29) is 0 Å². The maximum Gasteiger partial charge on any atom is 0.141 e. The van der Waals surface area contributed by atoms with Gasteiger partial charge in [0.05, 0.1) is 30.5 Å². The third-order valence-corrected chi connectivity index (χ3v) is 5.54. The van der Waals surface area contributed by atoms with Crippen LogP contribution in [0.2, 0.25) is 15.1 Å². The fourth-order valence-electron chi connectivity index (χ4n) is 3.30. The van der Waals surface area contributed by atoms with Crippen LogP contribution in [0.3, 0.4) is 0 Å². The van der Waals surface area contributed by atoms with Crippen LogP contribution >= 0.6 is 34.8 Å². The van der Waals surface area contributed by atoms with Crippen molar-refractivity contribution in [3.05, 3.63) is 75.7 Å². The summed E-state index contributed by atoms with van der Waals surface area (Å²) in [5.41, 5.74) is 4.06. The minimum absolute atomic E-state index is 0.473. The van der Waals surface area contributed by atoms with Gasteiger partial charge in [0.15, 0.2) is 0 Å². The fraction of sp³-hybridized carbons (Fsp3) is 0.0870. The Hall–Kier alpha value is -2.46. The first kappa shape index (κ1) is 19.8. The van der Waals surface area contributed by atoms with Gasteiger partial charge in [0.2, 0.25) is 0 Å². The van der Waals surface area contributed by atoms with Gasteiger partial charge < -0.3 is 9.47 Å². The molecule has 29 heavy (non-hydrogen) atoms. The molecule has 6 heteroatoms. The molecule has 0 fully saturated rings. The van der Waals surface area contributed by atoms with Crippen LogP contribution in [-0.4, -0.2) is 19.2 Å². The standard InChI is InChI=1S/C23H16Cl3NO2/c1-28-22-12-23(29-2)19(26)10-17(22)21-11-15(14-5-3-4-6-18(14)25)16-9-13(24)7-8-20(16)27-21/h3-12H,1-2H3. The topological polar surface area (TPSA) is 31.4 Å². The Morgan fingerprint density at radius 3 is 2.17 bits per heavy atom. The second-order valence-electron chi connectivity index (χ2n) is 6.38. The molecule has 3 aromatic carbocycles. The van der Waals surface area contributed by atoms with Crippen molar-refractivity contribution in [2.24, 2.45) is 0 Å². The van der Waals surface area contributed by atoms with Gasteiger partial charge in [0, 0.05) is 32.6 Å². The van der Waals surface area contributed by atoms with Crippen LogP contribution in [0.25, 0.3) is 33.3 Å². The van der Waals surface area contributed by atoms with Crippen molar-refractivity contribution < 1.29 is 9.47 Å². The first-order valence-electron chi connectivity index (χ1n) is 8.79. The molecule has 146 valence electrons. The zero-order valence-corrected chi connectivity index (χ0v) is 17.9. The molecule has 0 N–H and O–H groups in total. The monoisotopic (exact) mass is 443 g/mol. The molecule has 0 aliphatic carbocycles. The van der Waals surface area contributed by atoms with Crippen LogP contribution in [0, 0.1) is 0 Å². The molecule has 0 amide bonds. The van der Waals surface area contributed by atoms with Crippen LogP contribution in [0.4, 0.5) is 0 Å². The number of fused-ring (bicyclic) bond motifs is 1. The van der Waals surface area contributed by atoms with E-state index < -0.39 is 0 Å². The SMILES string of the molecule is COc1cc(OC)c(-c2cc(-c3ccccc3Cl)c3cc(Cl)ccc3n2)cc1Cl. The molecule has 0 atom stereocenters. The van der Waals surface area contributed by atoms with E-state index >= 15 is 0 Å². The lowest BCUT2D eigenvalue weighted by Crippen LogP contribution is -1.95. The minimum atomic E-state index is 0.473. The van der Waals surface area contributed by atoms with Gasteiger partial charge in [0.1, 0.15) is 11.5 Å². The highest BCUT2D eigenvalue weighted by Gasteiger charge is 2.17. The number of rotatable bonds is 4. The lowest BCUT2D eigenvalue weighted by Gasteiger charge is -2.15. The van der Waals surface area contributed by atoms with Gasteiger partial charge in [-0.3, -0.25) is 0 Å². The second kappa shape index (κ2) is 8.11. The zero-order chi connectivity index (χ0) is 20.5. The number of ether oxygens (including phenoxy) is 2. The van der Waals surface area contributed by atoms with Crippen LogP contribution in [-0.2, 0) is 0 Å². The maximum atomic E-state index is 6.50. The smallest absolute Gasteiger partial charge is 0.141 e. The zero-order valence-electron chi connectivity index (χ0n) is 15.7. The van der Waals surface area contributed by atoms with Crippen LogP contribution in [0.15, 0.2) is 60.7 Å². The van der Waals surface area contributed by atoms with E-state index in [1.807, 2.05) is 48.5 Å². The number of halogens is 3. The number of benzene rings is 3. The number of nitrogens with zero attached hydrogens (tertiary/aromatic N) is 1. The Labute approximate surface area is 183 Å². The summed E-state index contributed by atoms with van der Waals surface area (Å²) in [4.78, 5) is 4.83. The third kappa shape index (κ3) is 3.74. The van der Waals surface area contributed by atoms with Gasteiger partial charge >= 0.3 is 0 Å². The van der Waals surface area contributed by atoms with Gasteiger partial charge in [-0.25, -0.2) is 4.98 Å². The van der Waals surface area contributed by atoms with Crippen molar-refractivity contribution in [2.75, 3.05) is 14.2 Å². The molecule has 0 aliphatic rings. The molecular formula is C23H16Cl3NO2. The molecule has 4 rings (SSSR count). The summed E-state index contributed by atoms with van der Waals surface area (Å²) in [6, 6.07) is 18.8. The lowest BCUT2D eigenvalue weighted by molar-refractivity contribution is 0.395. The molecule has 0 saturated heterocycles. The first-order chi connectivity index (χ1) is 14.0. The van der Waals surface area contributed by atoms with E-state index in [0.29, 0.717) is 32.3 Å². The molecule has 0 saturated carbocycles. The molecule has 0 unspecified atom stereocenters. The summed E-state index contributed by atoms with van der Waals surface area (Å²) < 4.78 is 10.9. The summed E-state index contributed by atoms with van der Waals surface area (Å²) in [6.07, 6.45) is 0. The van der Waals surface area contributed by atoms with Gasteiger partial charge in [-0.15, -0.1) is 0 Å². The lowest BCUT2D eigenvalue weighted by atomic mass is 9.98. The Kier molecular flexibility index (Phi) is 5.55.